The molecule has 0 unspecified atom stereocenters. The maximum absolute atomic E-state index is 11.0. The van der Waals surface area contributed by atoms with Crippen LogP contribution in [0.1, 0.15) is 38.5 Å². The van der Waals surface area contributed by atoms with E-state index in [-0.39, 0.29) is 12.4 Å². The highest BCUT2D eigenvalue weighted by Gasteiger charge is 2.38. The summed E-state index contributed by atoms with van der Waals surface area (Å²) >= 11 is 0. The Labute approximate surface area is 85.1 Å². The number of hydrogen-bond donors (Lipinski definition) is 2. The van der Waals surface area contributed by atoms with E-state index in [1.807, 2.05) is 0 Å². The summed E-state index contributed by atoms with van der Waals surface area (Å²) in [4.78, 5) is 11.0. The van der Waals surface area contributed by atoms with Gasteiger partial charge in [0.15, 0.2) is 0 Å². The molecule has 1 aliphatic rings. The summed E-state index contributed by atoms with van der Waals surface area (Å²) < 4.78 is 0. The molecular formula is C9H18ClNO2. The SMILES string of the molecule is Cl.NCCC1(C(=O)O)CCCCC1. The van der Waals surface area contributed by atoms with Crippen molar-refractivity contribution in [1.29, 1.82) is 0 Å². The van der Waals surface area contributed by atoms with E-state index in [2.05, 4.69) is 0 Å². The molecule has 1 fully saturated rings. The lowest BCUT2D eigenvalue weighted by Gasteiger charge is -2.32. The number of nitrogens with two attached hydrogens (primary N) is 1. The molecule has 1 saturated carbocycles. The fraction of sp³-hybridized carbons (Fsp3) is 0.889. The monoisotopic (exact) mass is 207 g/mol. The second-order valence-electron chi connectivity index (χ2n) is 3.68. The standard InChI is InChI=1S/C9H17NO2.ClH/c10-7-6-9(8(11)12)4-2-1-3-5-9;/h1-7,10H2,(H,11,12);1H. The predicted molar refractivity (Wildman–Crippen MR) is 54.1 cm³/mol. The van der Waals surface area contributed by atoms with Gasteiger partial charge in [-0.2, -0.15) is 0 Å². The molecule has 0 saturated heterocycles. The Morgan fingerprint density at radius 1 is 1.31 bits per heavy atom. The third-order valence-electron chi connectivity index (χ3n) is 2.89. The molecule has 0 atom stereocenters. The Kier molecular flexibility index (Phi) is 5.33. The van der Waals surface area contributed by atoms with E-state index in [9.17, 15) is 4.79 Å². The van der Waals surface area contributed by atoms with E-state index < -0.39 is 11.4 Å². The molecule has 0 bridgehead atoms. The minimum Gasteiger partial charge on any atom is -0.481 e. The van der Waals surface area contributed by atoms with Crippen molar-refractivity contribution in [2.45, 2.75) is 38.5 Å². The molecule has 1 aliphatic carbocycles. The van der Waals surface area contributed by atoms with E-state index in [1.165, 1.54) is 6.42 Å². The van der Waals surface area contributed by atoms with Gasteiger partial charge in [0, 0.05) is 0 Å². The highest BCUT2D eigenvalue weighted by atomic mass is 35.5. The number of carboxylic acids is 1. The van der Waals surface area contributed by atoms with Gasteiger partial charge in [-0.15, -0.1) is 12.4 Å². The fourth-order valence-electron chi connectivity index (χ4n) is 2.08. The molecule has 0 aliphatic heterocycles. The number of hydrogen-bond acceptors (Lipinski definition) is 2. The van der Waals surface area contributed by atoms with Gasteiger partial charge in [0.1, 0.15) is 0 Å². The molecule has 1 rings (SSSR count). The average Bonchev–Trinajstić information content (AvgIpc) is 2.06. The van der Waals surface area contributed by atoms with Crippen molar-refractivity contribution in [1.82, 2.24) is 0 Å². The van der Waals surface area contributed by atoms with Crippen molar-refractivity contribution in [3.05, 3.63) is 0 Å². The lowest BCUT2D eigenvalue weighted by Crippen LogP contribution is -2.35. The number of halogens is 1. The first-order valence-electron chi connectivity index (χ1n) is 4.65. The summed E-state index contributed by atoms with van der Waals surface area (Å²) in [6, 6.07) is 0. The maximum Gasteiger partial charge on any atom is 0.309 e. The largest absolute Gasteiger partial charge is 0.481 e. The summed E-state index contributed by atoms with van der Waals surface area (Å²) in [6.45, 7) is 0.492. The van der Waals surface area contributed by atoms with Crippen molar-refractivity contribution in [3.63, 3.8) is 0 Å². The Balaban J connectivity index is 0.00000144. The second kappa shape index (κ2) is 5.45. The van der Waals surface area contributed by atoms with Crippen molar-refractivity contribution in [2.24, 2.45) is 11.1 Å². The number of rotatable bonds is 3. The van der Waals surface area contributed by atoms with Gasteiger partial charge in [-0.25, -0.2) is 0 Å². The first-order chi connectivity index (χ1) is 5.71. The van der Waals surface area contributed by atoms with Crippen molar-refractivity contribution in [2.75, 3.05) is 6.54 Å². The topological polar surface area (TPSA) is 63.3 Å². The zero-order chi connectivity index (χ0) is 9.03. The van der Waals surface area contributed by atoms with Gasteiger partial charge < -0.3 is 10.8 Å². The zero-order valence-electron chi connectivity index (χ0n) is 7.79. The van der Waals surface area contributed by atoms with E-state index in [0.29, 0.717) is 13.0 Å². The zero-order valence-corrected chi connectivity index (χ0v) is 8.61. The van der Waals surface area contributed by atoms with Crippen LogP contribution in [-0.2, 0) is 4.79 Å². The van der Waals surface area contributed by atoms with Crippen LogP contribution in [0.25, 0.3) is 0 Å². The molecule has 0 amide bonds. The van der Waals surface area contributed by atoms with Gasteiger partial charge in [0.05, 0.1) is 5.41 Å². The summed E-state index contributed by atoms with van der Waals surface area (Å²) in [7, 11) is 0. The molecular weight excluding hydrogens is 190 g/mol. The molecule has 3 nitrogen and oxygen atoms in total. The van der Waals surface area contributed by atoms with E-state index in [4.69, 9.17) is 10.8 Å². The minimum absolute atomic E-state index is 0. The van der Waals surface area contributed by atoms with Crippen LogP contribution in [0.3, 0.4) is 0 Å². The summed E-state index contributed by atoms with van der Waals surface area (Å²) in [5.41, 5.74) is 4.94. The lowest BCUT2D eigenvalue weighted by molar-refractivity contribution is -0.151. The van der Waals surface area contributed by atoms with Gasteiger partial charge in [0.2, 0.25) is 0 Å². The molecule has 3 N–H and O–H groups in total. The molecule has 4 heteroatoms. The number of aliphatic carboxylic acids is 1. The van der Waals surface area contributed by atoms with Crippen LogP contribution in [0.15, 0.2) is 0 Å². The van der Waals surface area contributed by atoms with Gasteiger partial charge in [-0.05, 0) is 25.8 Å². The van der Waals surface area contributed by atoms with Crippen LogP contribution in [0.5, 0.6) is 0 Å². The second-order valence-corrected chi connectivity index (χ2v) is 3.68. The lowest BCUT2D eigenvalue weighted by atomic mass is 9.72. The smallest absolute Gasteiger partial charge is 0.309 e. The van der Waals surface area contributed by atoms with Crippen LogP contribution in [0, 0.1) is 5.41 Å². The van der Waals surface area contributed by atoms with Gasteiger partial charge in [-0.3, -0.25) is 4.79 Å². The van der Waals surface area contributed by atoms with Crippen molar-refractivity contribution >= 4 is 18.4 Å². The van der Waals surface area contributed by atoms with Crippen LogP contribution in [0.4, 0.5) is 0 Å². The fourth-order valence-corrected chi connectivity index (χ4v) is 2.08. The maximum atomic E-state index is 11.0. The molecule has 0 radical (unpaired) electrons. The highest BCUT2D eigenvalue weighted by molar-refractivity contribution is 5.85. The molecule has 0 spiro atoms. The van der Waals surface area contributed by atoms with Crippen LogP contribution in [0.2, 0.25) is 0 Å². The average molecular weight is 208 g/mol. The predicted octanol–water partition coefficient (Wildman–Crippen LogP) is 1.79. The first-order valence-corrected chi connectivity index (χ1v) is 4.65. The molecule has 0 aromatic rings. The Morgan fingerprint density at radius 2 is 1.85 bits per heavy atom. The molecule has 0 aromatic heterocycles. The third-order valence-corrected chi connectivity index (χ3v) is 2.89. The van der Waals surface area contributed by atoms with Crippen LogP contribution < -0.4 is 5.73 Å². The van der Waals surface area contributed by atoms with Crippen LogP contribution in [-0.4, -0.2) is 17.6 Å². The summed E-state index contributed by atoms with van der Waals surface area (Å²) in [5, 5.41) is 9.06. The first kappa shape index (κ1) is 12.7. The summed E-state index contributed by atoms with van der Waals surface area (Å²) in [5.74, 6) is -0.646. The quantitative estimate of drug-likeness (QED) is 0.742. The van der Waals surface area contributed by atoms with Gasteiger partial charge >= 0.3 is 5.97 Å². The van der Waals surface area contributed by atoms with E-state index in [1.54, 1.807) is 0 Å². The minimum atomic E-state index is -0.646. The molecule has 13 heavy (non-hydrogen) atoms. The normalized spacial score (nSPS) is 20.4. The molecule has 0 heterocycles. The highest BCUT2D eigenvalue weighted by Crippen LogP contribution is 2.38. The van der Waals surface area contributed by atoms with Gasteiger partial charge in [-0.1, -0.05) is 19.3 Å². The van der Waals surface area contributed by atoms with E-state index in [0.717, 1.165) is 25.7 Å². The number of carbonyl (C=O) groups is 1. The molecule has 0 aromatic carbocycles. The van der Waals surface area contributed by atoms with E-state index >= 15 is 0 Å². The summed E-state index contributed by atoms with van der Waals surface area (Å²) in [6.07, 6.45) is 5.56. The third kappa shape index (κ3) is 2.85. The van der Waals surface area contributed by atoms with Crippen molar-refractivity contribution < 1.29 is 9.90 Å². The van der Waals surface area contributed by atoms with Gasteiger partial charge in [0.25, 0.3) is 0 Å². The van der Waals surface area contributed by atoms with Crippen LogP contribution >= 0.6 is 12.4 Å². The Morgan fingerprint density at radius 3 is 2.23 bits per heavy atom. The molecule has 78 valence electrons. The van der Waals surface area contributed by atoms with Crippen molar-refractivity contribution in [3.8, 4) is 0 Å². The Bertz CT molecular complexity index is 161. The Hall–Kier alpha value is -0.280. The number of carboxylic acid groups (broad SMARTS) is 1.